The third-order valence-corrected chi connectivity index (χ3v) is 6.71. The van der Waals surface area contributed by atoms with Crippen LogP contribution in [0.1, 0.15) is 55.2 Å². The van der Waals surface area contributed by atoms with Crippen LogP contribution in [0, 0.1) is 0 Å². The highest BCUT2D eigenvalue weighted by Gasteiger charge is 2.26. The summed E-state index contributed by atoms with van der Waals surface area (Å²) in [7, 11) is 0. The molecule has 14 heteroatoms. The largest absolute Gasteiger partial charge is 0.478 e. The molecule has 0 aliphatic carbocycles. The molecule has 1 saturated heterocycles. The number of nitrogens with one attached hydrogen (secondary N) is 1. The number of nitrogens with two attached hydrogens (primary N) is 1. The minimum absolute atomic E-state index is 0. The Labute approximate surface area is 233 Å². The van der Waals surface area contributed by atoms with E-state index in [9.17, 15) is 19.2 Å². The third kappa shape index (κ3) is 6.92. The number of piperidine rings is 1. The Morgan fingerprint density at radius 3 is 2.67 bits per heavy atom. The number of aromatic nitrogens is 3. The molecule has 4 N–H and O–H groups in total. The Balaban J connectivity index is 0.00000420. The van der Waals surface area contributed by atoms with Gasteiger partial charge in [-0.25, -0.2) is 19.6 Å². The molecule has 0 radical (unpaired) electrons. The van der Waals surface area contributed by atoms with Crippen LogP contribution in [0.5, 0.6) is 0 Å². The van der Waals surface area contributed by atoms with Gasteiger partial charge in [-0.3, -0.25) is 19.3 Å². The number of amides is 2. The molecular formula is C25H29ClN6O6S. The fourth-order valence-corrected chi connectivity index (χ4v) is 4.99. The lowest BCUT2D eigenvalue weighted by molar-refractivity contribution is -0.131. The van der Waals surface area contributed by atoms with Crippen molar-refractivity contribution >= 4 is 64.4 Å². The smallest absolute Gasteiger partial charge is 0.404 e. The predicted octanol–water partition coefficient (Wildman–Crippen LogP) is 3.28. The molecule has 0 bridgehead atoms. The number of fused-ring (bicyclic) bond motifs is 1. The summed E-state index contributed by atoms with van der Waals surface area (Å²) >= 11 is 1.32. The number of ether oxygens (including phenoxy) is 1. The van der Waals surface area contributed by atoms with E-state index in [1.54, 1.807) is 4.90 Å². The number of thiazole rings is 1. The molecule has 1 aliphatic heterocycles. The summed E-state index contributed by atoms with van der Waals surface area (Å²) in [5.41, 5.74) is 5.87. The Kier molecular flexibility index (Phi) is 8.97. The topological polar surface area (TPSA) is 169 Å². The molecule has 1 aliphatic rings. The maximum atomic E-state index is 13.4. The lowest BCUT2D eigenvalue weighted by Gasteiger charge is -2.33. The predicted molar refractivity (Wildman–Crippen MR) is 150 cm³/mol. The van der Waals surface area contributed by atoms with Gasteiger partial charge in [-0.15, -0.1) is 23.7 Å². The zero-order valence-electron chi connectivity index (χ0n) is 21.5. The average molecular weight is 577 g/mol. The van der Waals surface area contributed by atoms with E-state index in [0.29, 0.717) is 24.5 Å². The Morgan fingerprint density at radius 2 is 2.03 bits per heavy atom. The second-order valence-electron chi connectivity index (χ2n) is 9.86. The van der Waals surface area contributed by atoms with Crippen LogP contribution in [-0.4, -0.2) is 56.6 Å². The summed E-state index contributed by atoms with van der Waals surface area (Å²) in [6, 6.07) is 2.95. The molecule has 0 aromatic carbocycles. The van der Waals surface area contributed by atoms with E-state index < -0.39 is 29.6 Å². The van der Waals surface area contributed by atoms with Gasteiger partial charge < -0.3 is 20.5 Å². The fraction of sp³-hybridized carbons (Fsp3) is 0.360. The maximum absolute atomic E-state index is 13.4. The fourth-order valence-electron chi connectivity index (χ4n) is 4.06. The zero-order valence-corrected chi connectivity index (χ0v) is 23.2. The van der Waals surface area contributed by atoms with Crippen LogP contribution in [0.4, 0.5) is 15.7 Å². The highest BCUT2D eigenvalue weighted by Crippen LogP contribution is 2.27. The maximum Gasteiger partial charge on any atom is 0.404 e. The molecule has 0 saturated carbocycles. The van der Waals surface area contributed by atoms with Crippen LogP contribution in [-0.2, 0) is 14.9 Å². The second-order valence-corrected chi connectivity index (χ2v) is 10.7. The van der Waals surface area contributed by atoms with Crippen LogP contribution in [0.3, 0.4) is 0 Å². The number of aliphatic carboxylic acids is 1. The van der Waals surface area contributed by atoms with Crippen LogP contribution >= 0.6 is 23.7 Å². The lowest BCUT2D eigenvalue weighted by atomic mass is 9.93. The molecule has 1 atom stereocenters. The summed E-state index contributed by atoms with van der Waals surface area (Å²) < 4.78 is 6.38. The molecule has 208 valence electrons. The molecule has 4 heterocycles. The summed E-state index contributed by atoms with van der Waals surface area (Å²) in [5, 5.41) is 14.3. The number of pyridine rings is 1. The highest BCUT2D eigenvalue weighted by atomic mass is 35.5. The van der Waals surface area contributed by atoms with Gasteiger partial charge in [0, 0.05) is 35.2 Å². The zero-order chi connectivity index (χ0) is 27.6. The summed E-state index contributed by atoms with van der Waals surface area (Å²) in [5.74, 6) is -1.42. The van der Waals surface area contributed by atoms with Crippen LogP contribution in [0.2, 0.25) is 0 Å². The standard InChI is InChI=1S/C25H28N6O6S.ClH/c1-25(2,3)17-13-38-24(27-17)29-21(34)14-8-10-31-18(11-14)28-20(16(22(31)35)6-7-19(32)33)30-9-4-5-15(12-30)37-23(26)36;/h6-8,10-11,13,15H,4-5,9,12H2,1-3H3,(H2,26,36)(H,32,33)(H,27,29,34);1H/b7-6+;/t15-;/m1./s1. The van der Waals surface area contributed by atoms with Gasteiger partial charge >= 0.3 is 12.1 Å². The Hall–Kier alpha value is -3.97. The van der Waals surface area contributed by atoms with Gasteiger partial charge in [0.05, 0.1) is 17.8 Å². The van der Waals surface area contributed by atoms with E-state index in [2.05, 4.69) is 15.3 Å². The third-order valence-electron chi connectivity index (χ3n) is 5.95. The highest BCUT2D eigenvalue weighted by molar-refractivity contribution is 7.14. The minimum Gasteiger partial charge on any atom is -0.478 e. The van der Waals surface area contributed by atoms with Crippen molar-refractivity contribution in [3.05, 3.63) is 57.0 Å². The minimum atomic E-state index is -1.22. The van der Waals surface area contributed by atoms with E-state index in [0.717, 1.165) is 11.8 Å². The molecule has 12 nitrogen and oxygen atoms in total. The quantitative estimate of drug-likeness (QED) is 0.373. The molecule has 0 unspecified atom stereocenters. The molecular weight excluding hydrogens is 548 g/mol. The van der Waals surface area contributed by atoms with Crippen LogP contribution < -0.4 is 21.5 Å². The number of hydrogen-bond donors (Lipinski definition) is 3. The number of anilines is 2. The number of hydrogen-bond acceptors (Lipinski definition) is 9. The van der Waals surface area contributed by atoms with Crippen molar-refractivity contribution in [2.24, 2.45) is 5.73 Å². The first-order valence-corrected chi connectivity index (χ1v) is 12.8. The summed E-state index contributed by atoms with van der Waals surface area (Å²) in [6.45, 7) is 6.81. The number of carboxylic acids is 1. The van der Waals surface area contributed by atoms with Crippen LogP contribution in [0.25, 0.3) is 11.7 Å². The van der Waals surface area contributed by atoms with Gasteiger partial charge in [0.2, 0.25) is 0 Å². The van der Waals surface area contributed by atoms with Crippen molar-refractivity contribution in [2.45, 2.75) is 45.1 Å². The SMILES string of the molecule is CC(C)(C)c1csc(NC(=O)c2ccn3c(=O)c(/C=C/C(=O)O)c(N4CCC[C@@H](OC(N)=O)C4)nc3c2)n1.Cl. The van der Waals surface area contributed by atoms with E-state index >= 15 is 0 Å². The van der Waals surface area contributed by atoms with Gasteiger partial charge in [-0.1, -0.05) is 20.8 Å². The monoisotopic (exact) mass is 576 g/mol. The van der Waals surface area contributed by atoms with Crippen LogP contribution in [0.15, 0.2) is 34.6 Å². The first-order valence-electron chi connectivity index (χ1n) is 11.9. The summed E-state index contributed by atoms with van der Waals surface area (Å²) in [6.07, 6.45) is 3.27. The first-order chi connectivity index (χ1) is 17.9. The summed E-state index contributed by atoms with van der Waals surface area (Å²) in [4.78, 5) is 59.6. The number of carbonyl (C=O) groups excluding carboxylic acids is 2. The van der Waals surface area contributed by atoms with Gasteiger partial charge in [0.1, 0.15) is 17.6 Å². The van der Waals surface area contributed by atoms with Crippen molar-refractivity contribution < 1.29 is 24.2 Å². The number of nitrogens with zero attached hydrogens (tertiary/aromatic N) is 4. The second kappa shape index (κ2) is 11.8. The lowest BCUT2D eigenvalue weighted by Crippen LogP contribution is -2.43. The Morgan fingerprint density at radius 1 is 1.28 bits per heavy atom. The van der Waals surface area contributed by atoms with Crippen molar-refractivity contribution in [1.29, 1.82) is 0 Å². The van der Waals surface area contributed by atoms with Crippen molar-refractivity contribution in [2.75, 3.05) is 23.3 Å². The molecule has 0 spiro atoms. The van der Waals surface area contributed by atoms with Crippen molar-refractivity contribution in [3.8, 4) is 0 Å². The molecule has 3 aromatic rings. The normalized spacial score (nSPS) is 15.7. The van der Waals surface area contributed by atoms with Crippen molar-refractivity contribution in [3.63, 3.8) is 0 Å². The number of rotatable bonds is 6. The van der Waals surface area contributed by atoms with E-state index in [4.69, 9.17) is 15.6 Å². The number of halogens is 1. The molecule has 1 fully saturated rings. The molecule has 2 amide bonds. The number of carbonyl (C=O) groups is 3. The van der Waals surface area contributed by atoms with E-state index in [-0.39, 0.29) is 47.0 Å². The van der Waals surface area contributed by atoms with E-state index in [1.807, 2.05) is 26.2 Å². The average Bonchev–Trinajstić information content (AvgIpc) is 3.32. The van der Waals surface area contributed by atoms with Gasteiger partial charge in [0.15, 0.2) is 5.13 Å². The molecule has 39 heavy (non-hydrogen) atoms. The van der Waals surface area contributed by atoms with E-state index in [1.165, 1.54) is 40.1 Å². The van der Waals surface area contributed by atoms with Crippen molar-refractivity contribution in [1.82, 2.24) is 14.4 Å². The van der Waals surface area contributed by atoms with Gasteiger partial charge in [-0.05, 0) is 31.1 Å². The van der Waals surface area contributed by atoms with Gasteiger partial charge in [0.25, 0.3) is 11.5 Å². The first kappa shape index (κ1) is 29.6. The number of primary amides is 1. The van der Waals surface area contributed by atoms with Gasteiger partial charge in [-0.2, -0.15) is 0 Å². The molecule has 4 rings (SSSR count). The molecule has 3 aromatic heterocycles. The Bertz CT molecular complexity index is 1490. The number of carboxylic acid groups (broad SMARTS) is 1.